The highest BCUT2D eigenvalue weighted by atomic mass is 127. The Morgan fingerprint density at radius 1 is 1.50 bits per heavy atom. The van der Waals surface area contributed by atoms with E-state index in [1.54, 1.807) is 6.26 Å². The molecule has 1 atom stereocenters. The number of hydrogen-bond donors (Lipinski definition) is 2. The van der Waals surface area contributed by atoms with E-state index in [0.29, 0.717) is 32.1 Å². The minimum atomic E-state index is -2.88. The molecule has 1 aromatic heterocycles. The Morgan fingerprint density at radius 2 is 2.33 bits per heavy atom. The molecule has 0 bridgehead atoms. The van der Waals surface area contributed by atoms with Crippen LogP contribution in [-0.4, -0.2) is 51.6 Å². The Hall–Kier alpha value is -0.810. The average molecular weight is 471 g/mol. The number of nitrogens with one attached hydrogen (secondary N) is 2. The SMILES string of the molecule is CCNC(=NCCCOCc1ccco1)NC1CCS(=O)(=O)C1.I. The number of sulfone groups is 1. The largest absolute Gasteiger partial charge is 0.467 e. The lowest BCUT2D eigenvalue weighted by atomic mass is 10.3. The van der Waals surface area contributed by atoms with E-state index in [1.807, 2.05) is 19.1 Å². The molecule has 1 aliphatic heterocycles. The molecule has 138 valence electrons. The standard InChI is InChI=1S/C15H25N3O4S.HI/c1-2-16-15(18-13-6-10-23(19,20)12-13)17-7-4-8-21-11-14-5-3-9-22-14;/h3,5,9,13H,2,4,6-8,10-12H2,1H3,(H2,16,17,18);1H. The third-order valence-electron chi connectivity index (χ3n) is 3.46. The summed E-state index contributed by atoms with van der Waals surface area (Å²) in [6.45, 7) is 4.40. The fourth-order valence-corrected chi connectivity index (χ4v) is 4.02. The first-order valence-corrected chi connectivity index (χ1v) is 9.76. The van der Waals surface area contributed by atoms with Crippen LogP contribution in [0.25, 0.3) is 0 Å². The van der Waals surface area contributed by atoms with Crippen LogP contribution in [0.15, 0.2) is 27.8 Å². The highest BCUT2D eigenvalue weighted by Gasteiger charge is 2.28. The molecule has 1 fully saturated rings. The van der Waals surface area contributed by atoms with Gasteiger partial charge in [0.15, 0.2) is 15.8 Å². The Kier molecular flexibility index (Phi) is 9.67. The summed E-state index contributed by atoms with van der Waals surface area (Å²) in [5.74, 6) is 1.92. The van der Waals surface area contributed by atoms with Crippen molar-refractivity contribution in [1.29, 1.82) is 0 Å². The summed E-state index contributed by atoms with van der Waals surface area (Å²) in [5.41, 5.74) is 0. The Labute approximate surface area is 160 Å². The number of nitrogens with zero attached hydrogens (tertiary/aromatic N) is 1. The molecule has 2 rings (SSSR count). The van der Waals surface area contributed by atoms with Crippen molar-refractivity contribution in [2.75, 3.05) is 31.2 Å². The maximum absolute atomic E-state index is 11.5. The van der Waals surface area contributed by atoms with Gasteiger partial charge in [0, 0.05) is 25.7 Å². The van der Waals surface area contributed by atoms with Gasteiger partial charge >= 0.3 is 0 Å². The van der Waals surface area contributed by atoms with Crippen molar-refractivity contribution in [3.63, 3.8) is 0 Å². The molecule has 0 spiro atoms. The normalized spacial score (nSPS) is 19.7. The summed E-state index contributed by atoms with van der Waals surface area (Å²) in [4.78, 5) is 4.46. The van der Waals surface area contributed by atoms with E-state index in [4.69, 9.17) is 9.15 Å². The molecule has 0 radical (unpaired) electrons. The predicted molar refractivity (Wildman–Crippen MR) is 105 cm³/mol. The van der Waals surface area contributed by atoms with Crippen LogP contribution in [0.3, 0.4) is 0 Å². The fraction of sp³-hybridized carbons (Fsp3) is 0.667. The molecule has 2 N–H and O–H groups in total. The lowest BCUT2D eigenvalue weighted by molar-refractivity contribution is 0.105. The van der Waals surface area contributed by atoms with Gasteiger partial charge in [-0.05, 0) is 31.9 Å². The number of rotatable bonds is 8. The molecule has 1 aliphatic rings. The second kappa shape index (κ2) is 10.9. The molecule has 0 aliphatic carbocycles. The summed E-state index contributed by atoms with van der Waals surface area (Å²) >= 11 is 0. The highest BCUT2D eigenvalue weighted by molar-refractivity contribution is 14.0. The lowest BCUT2D eigenvalue weighted by Crippen LogP contribution is -2.44. The molecule has 2 heterocycles. The Bertz CT molecular complexity index is 590. The van der Waals surface area contributed by atoms with Gasteiger partial charge in [0.1, 0.15) is 12.4 Å². The van der Waals surface area contributed by atoms with E-state index in [9.17, 15) is 8.42 Å². The van der Waals surface area contributed by atoms with Crippen molar-refractivity contribution in [3.05, 3.63) is 24.2 Å². The van der Waals surface area contributed by atoms with Crippen molar-refractivity contribution >= 4 is 39.8 Å². The lowest BCUT2D eigenvalue weighted by Gasteiger charge is -2.15. The van der Waals surface area contributed by atoms with E-state index >= 15 is 0 Å². The minimum absolute atomic E-state index is 0. The quantitative estimate of drug-likeness (QED) is 0.259. The second-order valence-corrected chi connectivity index (χ2v) is 7.72. The van der Waals surface area contributed by atoms with Gasteiger partial charge in [0.2, 0.25) is 0 Å². The summed E-state index contributed by atoms with van der Waals surface area (Å²) in [6, 6.07) is 3.66. The number of aliphatic imine (C=N–C) groups is 1. The first kappa shape index (κ1) is 21.2. The topological polar surface area (TPSA) is 92.9 Å². The van der Waals surface area contributed by atoms with Gasteiger partial charge in [-0.3, -0.25) is 4.99 Å². The van der Waals surface area contributed by atoms with Crippen molar-refractivity contribution in [3.8, 4) is 0 Å². The summed E-state index contributed by atoms with van der Waals surface area (Å²) in [7, 11) is -2.88. The van der Waals surface area contributed by atoms with E-state index in [1.165, 1.54) is 0 Å². The molecular formula is C15H26IN3O4S. The molecule has 1 unspecified atom stereocenters. The molecule has 1 aromatic rings. The molecule has 24 heavy (non-hydrogen) atoms. The molecule has 9 heteroatoms. The molecule has 0 amide bonds. The van der Waals surface area contributed by atoms with Crippen molar-refractivity contribution in [2.45, 2.75) is 32.4 Å². The average Bonchev–Trinajstić information content (AvgIpc) is 3.12. The Morgan fingerprint density at radius 3 is 2.96 bits per heavy atom. The number of hydrogen-bond acceptors (Lipinski definition) is 5. The van der Waals surface area contributed by atoms with E-state index in [2.05, 4.69) is 15.6 Å². The second-order valence-electron chi connectivity index (χ2n) is 5.49. The van der Waals surface area contributed by atoms with Crippen molar-refractivity contribution < 1.29 is 17.6 Å². The first-order chi connectivity index (χ1) is 11.1. The van der Waals surface area contributed by atoms with Gasteiger partial charge in [-0.25, -0.2) is 8.42 Å². The van der Waals surface area contributed by atoms with Gasteiger partial charge < -0.3 is 19.8 Å². The predicted octanol–water partition coefficient (Wildman–Crippen LogP) is 1.55. The molecule has 1 saturated heterocycles. The smallest absolute Gasteiger partial charge is 0.191 e. The molecular weight excluding hydrogens is 445 g/mol. The number of ether oxygens (including phenoxy) is 1. The maximum Gasteiger partial charge on any atom is 0.191 e. The van der Waals surface area contributed by atoms with Crippen LogP contribution in [0.2, 0.25) is 0 Å². The van der Waals surface area contributed by atoms with Crippen molar-refractivity contribution in [1.82, 2.24) is 10.6 Å². The van der Waals surface area contributed by atoms with E-state index in [-0.39, 0.29) is 41.5 Å². The van der Waals surface area contributed by atoms with E-state index in [0.717, 1.165) is 18.7 Å². The zero-order valence-corrected chi connectivity index (χ0v) is 17.0. The zero-order chi connectivity index (χ0) is 16.5. The summed E-state index contributed by atoms with van der Waals surface area (Å²) in [5, 5.41) is 6.33. The number of furan rings is 1. The van der Waals surface area contributed by atoms with Crippen LogP contribution >= 0.6 is 24.0 Å². The molecule has 0 aromatic carbocycles. The van der Waals surface area contributed by atoms with Crippen LogP contribution in [-0.2, 0) is 21.2 Å². The number of halogens is 1. The monoisotopic (exact) mass is 471 g/mol. The molecule has 7 nitrogen and oxygen atoms in total. The van der Waals surface area contributed by atoms with Crippen LogP contribution in [0.4, 0.5) is 0 Å². The third kappa shape index (κ3) is 7.84. The first-order valence-electron chi connectivity index (χ1n) is 7.94. The summed E-state index contributed by atoms with van der Waals surface area (Å²) < 4.78 is 33.6. The summed E-state index contributed by atoms with van der Waals surface area (Å²) in [6.07, 6.45) is 3.06. The maximum atomic E-state index is 11.5. The fourth-order valence-electron chi connectivity index (χ4n) is 2.35. The van der Waals surface area contributed by atoms with Crippen LogP contribution in [0, 0.1) is 0 Å². The third-order valence-corrected chi connectivity index (χ3v) is 5.23. The zero-order valence-electron chi connectivity index (χ0n) is 13.9. The number of guanidine groups is 1. The van der Waals surface area contributed by atoms with Gasteiger partial charge in [0.05, 0.1) is 17.8 Å². The highest BCUT2D eigenvalue weighted by Crippen LogP contribution is 2.11. The van der Waals surface area contributed by atoms with Gasteiger partial charge in [-0.1, -0.05) is 0 Å². The van der Waals surface area contributed by atoms with Gasteiger partial charge in [-0.15, -0.1) is 24.0 Å². The van der Waals surface area contributed by atoms with Gasteiger partial charge in [-0.2, -0.15) is 0 Å². The molecule has 0 saturated carbocycles. The van der Waals surface area contributed by atoms with Crippen molar-refractivity contribution in [2.24, 2.45) is 4.99 Å². The Balaban J connectivity index is 0.00000288. The van der Waals surface area contributed by atoms with Gasteiger partial charge in [0.25, 0.3) is 0 Å². The van der Waals surface area contributed by atoms with Crippen LogP contribution in [0.1, 0.15) is 25.5 Å². The van der Waals surface area contributed by atoms with Crippen LogP contribution < -0.4 is 10.6 Å². The van der Waals surface area contributed by atoms with Crippen LogP contribution in [0.5, 0.6) is 0 Å². The van der Waals surface area contributed by atoms with E-state index < -0.39 is 9.84 Å². The minimum Gasteiger partial charge on any atom is -0.467 e.